The smallest absolute Gasteiger partial charge is 0.311 e. The molecule has 2 amide bonds. The first-order valence-electron chi connectivity index (χ1n) is 8.66. The molecule has 0 aliphatic carbocycles. The third kappa shape index (κ3) is 5.13. The summed E-state index contributed by atoms with van der Waals surface area (Å²) in [4.78, 5) is 48.7. The molecule has 0 saturated carbocycles. The van der Waals surface area contributed by atoms with E-state index in [1.807, 2.05) is 0 Å². The Hall–Kier alpha value is -2.90. The Labute approximate surface area is 176 Å². The molecule has 1 aliphatic rings. The molecule has 1 heterocycles. The summed E-state index contributed by atoms with van der Waals surface area (Å²) in [5.41, 5.74) is 2.99. The van der Waals surface area contributed by atoms with Crippen molar-refractivity contribution in [3.8, 4) is 0 Å². The maximum absolute atomic E-state index is 12.3. The van der Waals surface area contributed by atoms with Gasteiger partial charge in [-0.1, -0.05) is 53.5 Å². The first kappa shape index (κ1) is 20.8. The van der Waals surface area contributed by atoms with Gasteiger partial charge in [0.25, 0.3) is 5.91 Å². The summed E-state index contributed by atoms with van der Waals surface area (Å²) in [7, 11) is 0. The van der Waals surface area contributed by atoms with Crippen LogP contribution in [-0.4, -0.2) is 41.7 Å². The largest absolute Gasteiger partial charge is 0.457 e. The number of benzene rings is 2. The molecule has 150 valence electrons. The van der Waals surface area contributed by atoms with Crippen molar-refractivity contribution < 1.29 is 23.9 Å². The van der Waals surface area contributed by atoms with Crippen molar-refractivity contribution in [1.29, 1.82) is 0 Å². The van der Waals surface area contributed by atoms with Gasteiger partial charge in [0.2, 0.25) is 5.91 Å². The highest BCUT2D eigenvalue weighted by molar-refractivity contribution is 6.36. The van der Waals surface area contributed by atoms with Crippen LogP contribution in [0.1, 0.15) is 27.1 Å². The van der Waals surface area contributed by atoms with Gasteiger partial charge in [-0.2, -0.15) is 0 Å². The number of hydrazine groups is 1. The summed E-state index contributed by atoms with van der Waals surface area (Å²) in [6.45, 7) is -0.478. The number of nitrogens with one attached hydrogen (secondary N) is 1. The van der Waals surface area contributed by atoms with Crippen molar-refractivity contribution in [2.75, 3.05) is 13.2 Å². The maximum atomic E-state index is 12.3. The first-order valence-corrected chi connectivity index (χ1v) is 9.42. The van der Waals surface area contributed by atoms with Gasteiger partial charge in [-0.25, -0.2) is 0 Å². The highest BCUT2D eigenvalue weighted by Crippen LogP contribution is 2.22. The molecule has 0 aromatic heterocycles. The van der Waals surface area contributed by atoms with E-state index in [9.17, 15) is 19.2 Å². The average Bonchev–Trinajstić information content (AvgIpc) is 3.06. The van der Waals surface area contributed by atoms with Crippen LogP contribution in [0.5, 0.6) is 0 Å². The summed E-state index contributed by atoms with van der Waals surface area (Å²) in [5, 5.41) is 1.55. The summed E-state index contributed by atoms with van der Waals surface area (Å²) in [6.07, 6.45) is -0.132. The van der Waals surface area contributed by atoms with Crippen LogP contribution in [0.4, 0.5) is 0 Å². The number of carbonyl (C=O) groups is 4. The van der Waals surface area contributed by atoms with Crippen LogP contribution >= 0.6 is 23.2 Å². The number of hydrogen-bond donors (Lipinski definition) is 1. The third-order valence-corrected chi connectivity index (χ3v) is 4.86. The Bertz CT molecular complexity index is 965. The van der Waals surface area contributed by atoms with Gasteiger partial charge in [0.1, 0.15) is 0 Å². The zero-order chi connectivity index (χ0) is 21.0. The van der Waals surface area contributed by atoms with Crippen LogP contribution < -0.4 is 5.43 Å². The van der Waals surface area contributed by atoms with E-state index in [1.165, 1.54) is 18.2 Å². The van der Waals surface area contributed by atoms with Crippen LogP contribution in [0.15, 0.2) is 48.5 Å². The molecule has 1 atom stereocenters. The number of Topliss-reactive ketones (excluding diaryl/α,β-unsaturated/α-hetero) is 1. The lowest BCUT2D eigenvalue weighted by Crippen LogP contribution is -2.43. The minimum atomic E-state index is -0.785. The molecule has 2 aromatic rings. The Morgan fingerprint density at radius 1 is 1.10 bits per heavy atom. The zero-order valence-corrected chi connectivity index (χ0v) is 16.6. The summed E-state index contributed by atoms with van der Waals surface area (Å²) >= 11 is 11.8. The minimum absolute atomic E-state index is 0.0614. The minimum Gasteiger partial charge on any atom is -0.457 e. The Balaban J connectivity index is 1.54. The van der Waals surface area contributed by atoms with E-state index >= 15 is 0 Å². The number of ether oxygens (including phenoxy) is 1. The van der Waals surface area contributed by atoms with E-state index < -0.39 is 30.3 Å². The fourth-order valence-corrected chi connectivity index (χ4v) is 3.29. The molecule has 2 aromatic carbocycles. The second-order valence-electron chi connectivity index (χ2n) is 6.37. The molecule has 7 nitrogen and oxygen atoms in total. The normalized spacial score (nSPS) is 15.9. The summed E-state index contributed by atoms with van der Waals surface area (Å²) < 4.78 is 5.04. The second-order valence-corrected chi connectivity index (χ2v) is 7.21. The van der Waals surface area contributed by atoms with E-state index in [4.69, 9.17) is 27.9 Å². The van der Waals surface area contributed by atoms with Crippen molar-refractivity contribution >= 4 is 46.8 Å². The van der Waals surface area contributed by atoms with Gasteiger partial charge in [-0.15, -0.1) is 0 Å². The lowest BCUT2D eigenvalue weighted by molar-refractivity contribution is -0.147. The molecule has 1 saturated heterocycles. The molecule has 1 unspecified atom stereocenters. The van der Waals surface area contributed by atoms with Gasteiger partial charge in [-0.3, -0.25) is 29.6 Å². The highest BCUT2D eigenvalue weighted by Gasteiger charge is 2.37. The van der Waals surface area contributed by atoms with Crippen molar-refractivity contribution in [3.05, 3.63) is 69.7 Å². The van der Waals surface area contributed by atoms with Crippen molar-refractivity contribution in [2.45, 2.75) is 6.42 Å². The van der Waals surface area contributed by atoms with Gasteiger partial charge >= 0.3 is 5.97 Å². The van der Waals surface area contributed by atoms with Crippen LogP contribution in [0.2, 0.25) is 10.0 Å². The Morgan fingerprint density at radius 2 is 1.83 bits per heavy atom. The molecular formula is C20H16Cl2N2O5. The summed E-state index contributed by atoms with van der Waals surface area (Å²) in [6, 6.07) is 12.8. The maximum Gasteiger partial charge on any atom is 0.311 e. The van der Waals surface area contributed by atoms with Gasteiger partial charge < -0.3 is 4.74 Å². The lowest BCUT2D eigenvalue weighted by Gasteiger charge is -2.18. The number of hydrogen-bond acceptors (Lipinski definition) is 5. The highest BCUT2D eigenvalue weighted by atomic mass is 35.5. The van der Waals surface area contributed by atoms with Crippen LogP contribution in [-0.2, 0) is 14.3 Å². The number of nitrogens with zero attached hydrogens (tertiary/aromatic N) is 1. The number of ketones is 1. The molecule has 1 N–H and O–H groups in total. The Morgan fingerprint density at radius 3 is 2.52 bits per heavy atom. The quantitative estimate of drug-likeness (QED) is 0.557. The fourth-order valence-electron chi connectivity index (χ4n) is 2.79. The van der Waals surface area contributed by atoms with Gasteiger partial charge in [0.05, 0.1) is 23.0 Å². The van der Waals surface area contributed by atoms with E-state index in [1.54, 1.807) is 30.3 Å². The zero-order valence-electron chi connectivity index (χ0n) is 15.1. The average molecular weight is 435 g/mol. The van der Waals surface area contributed by atoms with Crippen molar-refractivity contribution in [3.63, 3.8) is 0 Å². The predicted octanol–water partition coefficient (Wildman–Crippen LogP) is 2.91. The van der Waals surface area contributed by atoms with E-state index in [2.05, 4.69) is 5.43 Å². The van der Waals surface area contributed by atoms with Gasteiger partial charge in [0.15, 0.2) is 12.4 Å². The lowest BCUT2D eigenvalue weighted by atomic mass is 10.1. The molecule has 0 spiro atoms. The number of carbonyl (C=O) groups excluding carboxylic acids is 4. The van der Waals surface area contributed by atoms with Crippen molar-refractivity contribution in [1.82, 2.24) is 10.4 Å². The molecule has 1 aliphatic heterocycles. The van der Waals surface area contributed by atoms with Crippen LogP contribution in [0.25, 0.3) is 0 Å². The third-order valence-electron chi connectivity index (χ3n) is 4.31. The monoisotopic (exact) mass is 434 g/mol. The standard InChI is InChI=1S/C20H16Cl2N2O5/c21-14-6-7-15(16(22)9-14)19(27)23-24-10-13(8-18(24)26)20(28)29-11-17(25)12-4-2-1-3-5-12/h1-7,9,13H,8,10-11H2,(H,23,27). The predicted molar refractivity (Wildman–Crippen MR) is 105 cm³/mol. The number of rotatable bonds is 6. The van der Waals surface area contributed by atoms with Gasteiger partial charge in [-0.05, 0) is 18.2 Å². The fraction of sp³-hybridized carbons (Fsp3) is 0.200. The molecule has 29 heavy (non-hydrogen) atoms. The number of halogens is 2. The number of amides is 2. The van der Waals surface area contributed by atoms with Crippen molar-refractivity contribution in [2.24, 2.45) is 5.92 Å². The van der Waals surface area contributed by atoms with E-state index in [0.717, 1.165) is 5.01 Å². The first-order chi connectivity index (χ1) is 13.8. The second kappa shape index (κ2) is 9.07. The van der Waals surface area contributed by atoms with E-state index in [-0.39, 0.29) is 29.3 Å². The molecule has 3 rings (SSSR count). The van der Waals surface area contributed by atoms with Gasteiger partial charge in [0, 0.05) is 17.0 Å². The van der Waals surface area contributed by atoms with Crippen LogP contribution in [0.3, 0.4) is 0 Å². The topological polar surface area (TPSA) is 92.8 Å². The molecular weight excluding hydrogens is 419 g/mol. The van der Waals surface area contributed by atoms with E-state index in [0.29, 0.717) is 10.6 Å². The molecule has 0 bridgehead atoms. The van der Waals surface area contributed by atoms with Crippen LogP contribution in [0, 0.1) is 5.92 Å². The number of esters is 1. The summed E-state index contributed by atoms with van der Waals surface area (Å²) in [5.74, 6) is -2.85. The molecule has 0 radical (unpaired) electrons. The Kier molecular flexibility index (Phi) is 6.51. The molecule has 1 fully saturated rings. The molecule has 9 heteroatoms. The SMILES string of the molecule is O=C(COC(=O)C1CC(=O)N(NC(=O)c2ccc(Cl)cc2Cl)C1)c1ccccc1.